The summed E-state index contributed by atoms with van der Waals surface area (Å²) in [5.74, 6) is 3.01. The van der Waals surface area contributed by atoms with Gasteiger partial charge in [-0.15, -0.1) is 0 Å². The molecule has 0 radical (unpaired) electrons. The van der Waals surface area contributed by atoms with Gasteiger partial charge in [-0.25, -0.2) is 0 Å². The van der Waals surface area contributed by atoms with E-state index < -0.39 is 0 Å². The van der Waals surface area contributed by atoms with Gasteiger partial charge in [0.1, 0.15) is 0 Å². The highest BCUT2D eigenvalue weighted by molar-refractivity contribution is 4.91. The van der Waals surface area contributed by atoms with Gasteiger partial charge >= 0.3 is 0 Å². The SMILES string of the molecule is CCOCC1C2CCC1CC2. The molecule has 0 aromatic carbocycles. The lowest BCUT2D eigenvalue weighted by atomic mass is 9.99. The van der Waals surface area contributed by atoms with Crippen molar-refractivity contribution in [3.63, 3.8) is 0 Å². The Balaban J connectivity index is 1.84. The van der Waals surface area contributed by atoms with E-state index >= 15 is 0 Å². The van der Waals surface area contributed by atoms with Crippen molar-refractivity contribution in [2.75, 3.05) is 13.2 Å². The number of rotatable bonds is 3. The van der Waals surface area contributed by atoms with Crippen LogP contribution in [-0.2, 0) is 4.74 Å². The van der Waals surface area contributed by atoms with Crippen molar-refractivity contribution in [2.24, 2.45) is 17.8 Å². The van der Waals surface area contributed by atoms with Crippen LogP contribution in [0.3, 0.4) is 0 Å². The highest BCUT2D eigenvalue weighted by atomic mass is 16.5. The van der Waals surface area contributed by atoms with Crippen molar-refractivity contribution in [3.8, 4) is 0 Å². The minimum atomic E-state index is 0.899. The van der Waals surface area contributed by atoms with Crippen molar-refractivity contribution in [2.45, 2.75) is 32.6 Å². The lowest BCUT2D eigenvalue weighted by Crippen LogP contribution is -2.13. The van der Waals surface area contributed by atoms with Crippen molar-refractivity contribution in [1.29, 1.82) is 0 Å². The lowest BCUT2D eigenvalue weighted by Gasteiger charge is -2.14. The highest BCUT2D eigenvalue weighted by Crippen LogP contribution is 2.49. The monoisotopic (exact) mass is 154 g/mol. The van der Waals surface area contributed by atoms with Crippen LogP contribution in [0.1, 0.15) is 32.6 Å². The first-order valence-electron chi connectivity index (χ1n) is 4.99. The molecule has 0 heterocycles. The minimum Gasteiger partial charge on any atom is -0.381 e. The predicted octanol–water partition coefficient (Wildman–Crippen LogP) is 2.46. The quantitative estimate of drug-likeness (QED) is 0.606. The zero-order valence-electron chi connectivity index (χ0n) is 7.38. The van der Waals surface area contributed by atoms with Gasteiger partial charge < -0.3 is 4.74 Å². The summed E-state index contributed by atoms with van der Waals surface area (Å²) in [6, 6.07) is 0. The molecule has 2 rings (SSSR count). The summed E-state index contributed by atoms with van der Waals surface area (Å²) >= 11 is 0. The predicted molar refractivity (Wildman–Crippen MR) is 45.4 cm³/mol. The van der Waals surface area contributed by atoms with Crippen LogP contribution < -0.4 is 0 Å². The highest BCUT2D eigenvalue weighted by Gasteiger charge is 2.41. The van der Waals surface area contributed by atoms with Crippen LogP contribution in [-0.4, -0.2) is 13.2 Å². The molecule has 2 aliphatic carbocycles. The Morgan fingerprint density at radius 2 is 1.64 bits per heavy atom. The van der Waals surface area contributed by atoms with E-state index in [1.165, 1.54) is 25.7 Å². The van der Waals surface area contributed by atoms with Crippen LogP contribution in [0.5, 0.6) is 0 Å². The van der Waals surface area contributed by atoms with E-state index in [-0.39, 0.29) is 0 Å². The maximum Gasteiger partial charge on any atom is 0.0499 e. The van der Waals surface area contributed by atoms with E-state index in [0.29, 0.717) is 0 Å². The third kappa shape index (κ3) is 1.31. The molecule has 0 aliphatic heterocycles. The topological polar surface area (TPSA) is 9.23 Å². The second-order valence-electron chi connectivity index (χ2n) is 4.00. The number of fused-ring (bicyclic) bond motifs is 2. The standard InChI is InChI=1S/C10H18O/c1-2-11-7-10-8-3-4-9(10)6-5-8/h8-10H,2-7H2,1H3. The van der Waals surface area contributed by atoms with Crippen LogP contribution in [0.15, 0.2) is 0 Å². The van der Waals surface area contributed by atoms with Crippen molar-refractivity contribution in [3.05, 3.63) is 0 Å². The average Bonchev–Trinajstić information content (AvgIpc) is 2.59. The fraction of sp³-hybridized carbons (Fsp3) is 1.00. The first-order chi connectivity index (χ1) is 5.42. The second kappa shape index (κ2) is 3.14. The van der Waals surface area contributed by atoms with E-state index in [1.54, 1.807) is 0 Å². The summed E-state index contributed by atoms with van der Waals surface area (Å²) in [4.78, 5) is 0. The lowest BCUT2D eigenvalue weighted by molar-refractivity contribution is 0.0933. The largest absolute Gasteiger partial charge is 0.381 e. The molecular formula is C10H18O. The third-order valence-electron chi connectivity index (χ3n) is 3.54. The smallest absolute Gasteiger partial charge is 0.0499 e. The fourth-order valence-corrected chi connectivity index (χ4v) is 2.91. The molecule has 0 N–H and O–H groups in total. The van der Waals surface area contributed by atoms with E-state index in [4.69, 9.17) is 4.74 Å². The third-order valence-corrected chi connectivity index (χ3v) is 3.54. The Labute approximate surface area is 69.1 Å². The molecule has 0 aromatic rings. The van der Waals surface area contributed by atoms with E-state index in [9.17, 15) is 0 Å². The van der Waals surface area contributed by atoms with Crippen molar-refractivity contribution >= 4 is 0 Å². The molecule has 64 valence electrons. The molecule has 0 amide bonds. The van der Waals surface area contributed by atoms with Gasteiger partial charge in [-0.1, -0.05) is 0 Å². The van der Waals surface area contributed by atoms with Crippen LogP contribution in [0.4, 0.5) is 0 Å². The number of hydrogen-bond acceptors (Lipinski definition) is 1. The normalized spacial score (nSPS) is 41.7. The molecule has 1 nitrogen and oxygen atoms in total. The molecule has 11 heavy (non-hydrogen) atoms. The van der Waals surface area contributed by atoms with Crippen molar-refractivity contribution in [1.82, 2.24) is 0 Å². The Bertz CT molecular complexity index is 113. The summed E-state index contributed by atoms with van der Waals surface area (Å²) in [5.41, 5.74) is 0. The molecule has 0 atom stereocenters. The summed E-state index contributed by atoms with van der Waals surface area (Å²) in [5, 5.41) is 0. The molecule has 2 bridgehead atoms. The first-order valence-corrected chi connectivity index (χ1v) is 4.99. The maximum absolute atomic E-state index is 5.50. The molecule has 2 fully saturated rings. The Morgan fingerprint density at radius 1 is 1.09 bits per heavy atom. The van der Waals surface area contributed by atoms with Crippen molar-refractivity contribution < 1.29 is 4.74 Å². The minimum absolute atomic E-state index is 0.899. The zero-order chi connectivity index (χ0) is 7.68. The molecule has 2 aliphatic rings. The van der Waals surface area contributed by atoms with Crippen LogP contribution in [0.25, 0.3) is 0 Å². The Kier molecular flexibility index (Phi) is 2.17. The molecule has 0 aromatic heterocycles. The van der Waals surface area contributed by atoms with Crippen LogP contribution in [0, 0.1) is 17.8 Å². The van der Waals surface area contributed by atoms with E-state index in [1.807, 2.05) is 0 Å². The van der Waals surface area contributed by atoms with Gasteiger partial charge in [0.2, 0.25) is 0 Å². The Hall–Kier alpha value is -0.0400. The molecule has 1 heteroatoms. The zero-order valence-corrected chi connectivity index (χ0v) is 7.38. The molecule has 0 unspecified atom stereocenters. The van der Waals surface area contributed by atoms with Gasteiger partial charge in [0.25, 0.3) is 0 Å². The number of ether oxygens (including phenoxy) is 1. The first kappa shape index (κ1) is 7.60. The molecule has 0 saturated heterocycles. The van der Waals surface area contributed by atoms with E-state index in [2.05, 4.69) is 6.92 Å². The summed E-state index contributed by atoms with van der Waals surface area (Å²) in [6.45, 7) is 4.04. The molecular weight excluding hydrogens is 136 g/mol. The van der Waals surface area contributed by atoms with Gasteiger partial charge in [0, 0.05) is 13.2 Å². The number of hydrogen-bond donors (Lipinski definition) is 0. The average molecular weight is 154 g/mol. The van der Waals surface area contributed by atoms with Gasteiger partial charge in [-0.3, -0.25) is 0 Å². The fourth-order valence-electron chi connectivity index (χ4n) is 2.91. The van der Waals surface area contributed by atoms with Crippen LogP contribution in [0.2, 0.25) is 0 Å². The molecule has 2 saturated carbocycles. The van der Waals surface area contributed by atoms with Gasteiger partial charge in [0.15, 0.2) is 0 Å². The summed E-state index contributed by atoms with van der Waals surface area (Å²) in [7, 11) is 0. The van der Waals surface area contributed by atoms with Gasteiger partial charge in [0.05, 0.1) is 0 Å². The van der Waals surface area contributed by atoms with Gasteiger partial charge in [-0.2, -0.15) is 0 Å². The van der Waals surface area contributed by atoms with Crippen LogP contribution >= 0.6 is 0 Å². The second-order valence-corrected chi connectivity index (χ2v) is 4.00. The summed E-state index contributed by atoms with van der Waals surface area (Å²) < 4.78 is 5.50. The van der Waals surface area contributed by atoms with E-state index in [0.717, 1.165) is 31.0 Å². The maximum atomic E-state index is 5.50. The molecule has 0 spiro atoms. The Morgan fingerprint density at radius 3 is 2.09 bits per heavy atom. The summed E-state index contributed by atoms with van der Waals surface area (Å²) in [6.07, 6.45) is 5.95. The van der Waals surface area contributed by atoms with Gasteiger partial charge in [-0.05, 0) is 50.4 Å².